The highest BCUT2D eigenvalue weighted by molar-refractivity contribution is 5.96. The van der Waals surface area contributed by atoms with E-state index in [-0.39, 0.29) is 0 Å². The van der Waals surface area contributed by atoms with Gasteiger partial charge in [0.25, 0.3) is 0 Å². The Labute approximate surface area is 215 Å². The van der Waals surface area contributed by atoms with Crippen LogP contribution in [0.2, 0.25) is 0 Å². The average molecular weight is 492 g/mol. The Hall–Kier alpha value is -2.61. The van der Waals surface area contributed by atoms with E-state index in [1.807, 2.05) is 0 Å². The molecule has 3 aromatic rings. The second-order valence-corrected chi connectivity index (χ2v) is 10.4. The molecule has 2 aliphatic heterocycles. The lowest BCUT2D eigenvalue weighted by atomic mass is 10.0. The number of methoxy groups -OCH3 is 1. The Balaban J connectivity index is 1.43. The fraction of sp³-hybridized carbons (Fsp3) is 0.552. The third-order valence-electron chi connectivity index (χ3n) is 7.91. The predicted octanol–water partition coefficient (Wildman–Crippen LogP) is 3.96. The number of piperazine rings is 1. The van der Waals surface area contributed by atoms with Crippen LogP contribution in [-0.4, -0.2) is 91.5 Å². The van der Waals surface area contributed by atoms with Crippen molar-refractivity contribution in [3.05, 3.63) is 41.7 Å². The molecule has 0 bridgehead atoms. The summed E-state index contributed by atoms with van der Waals surface area (Å²) in [5.74, 6) is 0.886. The Morgan fingerprint density at radius 2 is 1.75 bits per heavy atom. The van der Waals surface area contributed by atoms with Crippen LogP contribution in [0, 0.1) is 6.92 Å². The van der Waals surface area contributed by atoms with Crippen LogP contribution < -0.4 is 9.64 Å². The maximum atomic E-state index is 5.94. The molecule has 0 radical (unpaired) electrons. The molecule has 7 nitrogen and oxygen atoms in total. The van der Waals surface area contributed by atoms with Crippen molar-refractivity contribution in [2.75, 3.05) is 71.0 Å². The number of fused-ring (bicyclic) bond motifs is 1. The zero-order valence-corrected chi connectivity index (χ0v) is 22.6. The summed E-state index contributed by atoms with van der Waals surface area (Å²) in [7, 11) is 3.95. The minimum Gasteiger partial charge on any atom is -0.496 e. The lowest BCUT2D eigenvalue weighted by Crippen LogP contribution is -2.48. The first-order valence-electron chi connectivity index (χ1n) is 13.4. The van der Waals surface area contributed by atoms with E-state index in [4.69, 9.17) is 14.5 Å². The summed E-state index contributed by atoms with van der Waals surface area (Å²) in [5, 5.41) is 1.19. The van der Waals surface area contributed by atoms with Gasteiger partial charge in [0.1, 0.15) is 5.75 Å². The second kappa shape index (κ2) is 10.8. The monoisotopic (exact) mass is 491 g/mol. The van der Waals surface area contributed by atoms with E-state index in [9.17, 15) is 0 Å². The van der Waals surface area contributed by atoms with Crippen LogP contribution in [0.1, 0.15) is 25.2 Å². The molecule has 4 heterocycles. The molecule has 194 valence electrons. The highest BCUT2D eigenvalue weighted by Gasteiger charge is 2.22. The number of anilines is 1. The van der Waals surface area contributed by atoms with Gasteiger partial charge in [0.15, 0.2) is 0 Å². The highest BCUT2D eigenvalue weighted by Crippen LogP contribution is 2.38. The molecule has 5 rings (SSSR count). The van der Waals surface area contributed by atoms with Crippen LogP contribution in [0.15, 0.2) is 30.3 Å². The number of hydrogen-bond acceptors (Lipinski definition) is 6. The molecule has 36 heavy (non-hydrogen) atoms. The minimum absolute atomic E-state index is 0.600. The molecule has 0 spiro atoms. The number of hydrogen-bond donors (Lipinski definition) is 0. The topological polar surface area (TPSA) is 46.0 Å². The van der Waals surface area contributed by atoms with Gasteiger partial charge in [-0.3, -0.25) is 14.8 Å². The van der Waals surface area contributed by atoms with Crippen LogP contribution >= 0.6 is 0 Å². The molecule has 0 amide bonds. The summed E-state index contributed by atoms with van der Waals surface area (Å²) >= 11 is 0. The van der Waals surface area contributed by atoms with Crippen LogP contribution in [0.5, 0.6) is 5.75 Å². The third kappa shape index (κ3) is 5.10. The van der Waals surface area contributed by atoms with Crippen molar-refractivity contribution in [3.8, 4) is 17.0 Å². The highest BCUT2D eigenvalue weighted by atomic mass is 16.5. The van der Waals surface area contributed by atoms with Crippen molar-refractivity contribution in [2.45, 2.75) is 33.2 Å². The van der Waals surface area contributed by atoms with Gasteiger partial charge in [0, 0.05) is 99.4 Å². The molecule has 7 heteroatoms. The summed E-state index contributed by atoms with van der Waals surface area (Å²) in [6, 6.07) is 11.8. The Kier molecular flexibility index (Phi) is 7.51. The zero-order chi connectivity index (χ0) is 25.2. The Morgan fingerprint density at radius 3 is 2.44 bits per heavy atom. The van der Waals surface area contributed by atoms with Crippen molar-refractivity contribution in [1.82, 2.24) is 19.4 Å². The van der Waals surface area contributed by atoms with Crippen LogP contribution in [0.25, 0.3) is 22.2 Å². The molecule has 2 aromatic heterocycles. The molecular formula is C29H41N5O2. The fourth-order valence-corrected chi connectivity index (χ4v) is 5.62. The van der Waals surface area contributed by atoms with E-state index in [1.54, 1.807) is 7.11 Å². The van der Waals surface area contributed by atoms with E-state index >= 15 is 0 Å². The number of benzene rings is 1. The number of pyridine rings is 1. The normalized spacial score (nSPS) is 17.9. The number of rotatable bonds is 7. The van der Waals surface area contributed by atoms with E-state index in [0.717, 1.165) is 88.1 Å². The molecule has 2 aliphatic rings. The van der Waals surface area contributed by atoms with E-state index < -0.39 is 0 Å². The van der Waals surface area contributed by atoms with E-state index in [2.05, 4.69) is 77.4 Å². The molecule has 2 fully saturated rings. The Bertz CT molecular complexity index is 1190. The van der Waals surface area contributed by atoms with Crippen LogP contribution in [-0.2, 0) is 18.2 Å². The van der Waals surface area contributed by atoms with Crippen molar-refractivity contribution >= 4 is 16.6 Å². The van der Waals surface area contributed by atoms with Crippen LogP contribution in [0.3, 0.4) is 0 Å². The zero-order valence-electron chi connectivity index (χ0n) is 22.6. The summed E-state index contributed by atoms with van der Waals surface area (Å²) in [6.45, 7) is 15.7. The number of aryl methyl sites for hydroxylation is 2. The molecule has 1 aromatic carbocycles. The molecule has 0 unspecified atom stereocenters. The average Bonchev–Trinajstić information content (AvgIpc) is 3.22. The quantitative estimate of drug-likeness (QED) is 0.499. The molecular weight excluding hydrogens is 450 g/mol. The Morgan fingerprint density at radius 1 is 1.00 bits per heavy atom. The summed E-state index contributed by atoms with van der Waals surface area (Å²) in [6.07, 6.45) is 1.02. The van der Waals surface area contributed by atoms with Gasteiger partial charge in [-0.1, -0.05) is 0 Å². The molecule has 0 saturated carbocycles. The number of nitrogens with zero attached hydrogens (tertiary/aromatic N) is 5. The first-order valence-corrected chi connectivity index (χ1v) is 13.4. The van der Waals surface area contributed by atoms with Gasteiger partial charge in [0.05, 0.1) is 31.5 Å². The first-order chi connectivity index (χ1) is 17.4. The predicted molar refractivity (Wildman–Crippen MR) is 147 cm³/mol. The van der Waals surface area contributed by atoms with E-state index in [1.165, 1.54) is 22.3 Å². The number of morpholine rings is 1. The first kappa shape index (κ1) is 25.1. The maximum Gasteiger partial charge on any atom is 0.130 e. The smallest absolute Gasteiger partial charge is 0.130 e. The van der Waals surface area contributed by atoms with Crippen molar-refractivity contribution in [1.29, 1.82) is 0 Å². The standard InChI is InChI=1S/C29H41N5O2/c1-21(2)33-10-12-34(13-11-33)24-6-7-25(28(20-24)35-5)29-26-19-23(8-9-32-14-16-36-17-15-32)31(4)27(26)18-22(3)30-29/h6-7,18-21H,8-17H2,1-5H3. The summed E-state index contributed by atoms with van der Waals surface area (Å²) < 4.78 is 13.8. The fourth-order valence-electron chi connectivity index (χ4n) is 5.62. The number of aromatic nitrogens is 2. The van der Waals surface area contributed by atoms with Crippen molar-refractivity contribution < 1.29 is 9.47 Å². The second-order valence-electron chi connectivity index (χ2n) is 10.4. The van der Waals surface area contributed by atoms with Crippen LogP contribution in [0.4, 0.5) is 5.69 Å². The van der Waals surface area contributed by atoms with Gasteiger partial charge >= 0.3 is 0 Å². The summed E-state index contributed by atoms with van der Waals surface area (Å²) in [4.78, 5) is 12.5. The van der Waals surface area contributed by atoms with Gasteiger partial charge < -0.3 is 18.9 Å². The lowest BCUT2D eigenvalue weighted by molar-refractivity contribution is 0.0383. The van der Waals surface area contributed by atoms with Crippen molar-refractivity contribution in [2.24, 2.45) is 7.05 Å². The van der Waals surface area contributed by atoms with Gasteiger partial charge in [-0.25, -0.2) is 0 Å². The SMILES string of the molecule is COc1cc(N2CCN(C(C)C)CC2)ccc1-c1nc(C)cc2c1cc(CCN1CCOCC1)n2C. The summed E-state index contributed by atoms with van der Waals surface area (Å²) in [5.41, 5.74) is 6.87. The number of ether oxygens (including phenoxy) is 2. The van der Waals surface area contributed by atoms with Gasteiger partial charge in [-0.2, -0.15) is 0 Å². The third-order valence-corrected chi connectivity index (χ3v) is 7.91. The van der Waals surface area contributed by atoms with E-state index in [0.29, 0.717) is 6.04 Å². The van der Waals surface area contributed by atoms with Gasteiger partial charge in [-0.15, -0.1) is 0 Å². The largest absolute Gasteiger partial charge is 0.496 e. The molecule has 2 saturated heterocycles. The lowest BCUT2D eigenvalue weighted by Gasteiger charge is -2.38. The van der Waals surface area contributed by atoms with Gasteiger partial charge in [0.2, 0.25) is 0 Å². The molecule has 0 N–H and O–H groups in total. The van der Waals surface area contributed by atoms with Crippen molar-refractivity contribution in [3.63, 3.8) is 0 Å². The molecule has 0 aliphatic carbocycles. The molecule has 0 atom stereocenters. The van der Waals surface area contributed by atoms with Gasteiger partial charge in [-0.05, 0) is 45.0 Å². The maximum absolute atomic E-state index is 5.94. The minimum atomic E-state index is 0.600.